The molecule has 2 aliphatic heterocycles. The molecule has 0 fully saturated rings. The highest BCUT2D eigenvalue weighted by Gasteiger charge is 2.48. The third-order valence-corrected chi connectivity index (χ3v) is 14.3. The molecule has 4 N–H and O–H groups in total. The van der Waals surface area contributed by atoms with E-state index >= 15 is 0 Å². The SMILES string of the molecule is O=C1C(c2ccc3cccc4c3c2NC2(C4)c3ccccc3-c3ccccc32)=C(O)C1=c1ccc2c(S(=O)(=O)O)ccc3c2c1=NC1(N3)c2ccccc2-c2ccccc21. The minimum Gasteiger partial charge on any atom is -0.506 e. The molecule has 0 bridgehead atoms. The average Bonchev–Trinajstić information content (AvgIpc) is 3.68. The van der Waals surface area contributed by atoms with Crippen LogP contribution in [0, 0.1) is 0 Å². The van der Waals surface area contributed by atoms with Crippen molar-refractivity contribution in [2.24, 2.45) is 4.99 Å². The zero-order valence-corrected chi connectivity index (χ0v) is 32.4. The molecule has 0 radical (unpaired) electrons. The van der Waals surface area contributed by atoms with Gasteiger partial charge in [-0.05, 0) is 56.5 Å². The lowest BCUT2D eigenvalue weighted by atomic mass is 9.74. The van der Waals surface area contributed by atoms with Crippen molar-refractivity contribution in [1.29, 1.82) is 0 Å². The van der Waals surface area contributed by atoms with Crippen molar-refractivity contribution >= 4 is 60.0 Å². The highest BCUT2D eigenvalue weighted by atomic mass is 32.2. The number of rotatable bonds is 2. The van der Waals surface area contributed by atoms with Crippen LogP contribution in [0.2, 0.25) is 0 Å². The van der Waals surface area contributed by atoms with E-state index in [-0.39, 0.29) is 33.0 Å². The first-order chi connectivity index (χ1) is 29.2. The van der Waals surface area contributed by atoms with Gasteiger partial charge in [0.1, 0.15) is 10.7 Å². The molecule has 0 unspecified atom stereocenters. The molecule has 0 amide bonds. The van der Waals surface area contributed by atoms with Crippen LogP contribution >= 0.6 is 0 Å². The van der Waals surface area contributed by atoms with Gasteiger partial charge >= 0.3 is 0 Å². The molecule has 9 heteroatoms. The summed E-state index contributed by atoms with van der Waals surface area (Å²) in [5.74, 6) is -0.521. The van der Waals surface area contributed by atoms with Gasteiger partial charge in [0.05, 0.1) is 27.7 Å². The first kappa shape index (κ1) is 33.6. The summed E-state index contributed by atoms with van der Waals surface area (Å²) >= 11 is 0. The quantitative estimate of drug-likeness (QED) is 0.129. The summed E-state index contributed by atoms with van der Waals surface area (Å²) in [6.45, 7) is 0. The summed E-state index contributed by atoms with van der Waals surface area (Å²) in [4.78, 5) is 20.1. The molecular formula is C51H31N3O5S. The molecule has 0 atom stereocenters. The lowest BCUT2D eigenvalue weighted by molar-refractivity contribution is -0.109. The van der Waals surface area contributed by atoms with E-state index in [1.165, 1.54) is 6.07 Å². The fourth-order valence-electron chi connectivity index (χ4n) is 10.9. The van der Waals surface area contributed by atoms with Crippen LogP contribution in [0.3, 0.4) is 0 Å². The molecule has 5 aliphatic rings. The van der Waals surface area contributed by atoms with E-state index in [9.17, 15) is 22.9 Å². The Labute approximate surface area is 343 Å². The van der Waals surface area contributed by atoms with Crippen molar-refractivity contribution in [3.8, 4) is 22.3 Å². The number of ketones is 1. The lowest BCUT2D eigenvalue weighted by Crippen LogP contribution is -2.44. The molecule has 8 nitrogen and oxygen atoms in total. The van der Waals surface area contributed by atoms with Crippen LogP contribution in [0.1, 0.15) is 33.4 Å². The van der Waals surface area contributed by atoms with Gasteiger partial charge in [-0.3, -0.25) is 9.35 Å². The number of aliphatic hydroxyl groups excluding tert-OH is 1. The third kappa shape index (κ3) is 4.05. The minimum atomic E-state index is -4.64. The number of anilines is 2. The summed E-state index contributed by atoms with van der Waals surface area (Å²) in [6, 6.07) is 49.3. The van der Waals surface area contributed by atoms with Crippen molar-refractivity contribution in [3.05, 3.63) is 201 Å². The van der Waals surface area contributed by atoms with E-state index in [2.05, 4.69) is 77.4 Å². The fraction of sp³-hybridized carbons (Fsp3) is 0.0588. The van der Waals surface area contributed by atoms with E-state index in [0.717, 1.165) is 66.5 Å². The molecule has 0 saturated carbocycles. The summed E-state index contributed by atoms with van der Waals surface area (Å²) in [5.41, 5.74) is 10.0. The Bertz CT molecular complexity index is 3570. The van der Waals surface area contributed by atoms with Gasteiger partial charge < -0.3 is 15.7 Å². The van der Waals surface area contributed by atoms with Crippen LogP contribution < -0.4 is 21.2 Å². The Morgan fingerprint density at radius 2 is 1.20 bits per heavy atom. The number of Topliss-reactive ketones (excluding diaryl/α,β-unsaturated/α-hetero) is 1. The monoisotopic (exact) mass is 797 g/mol. The maximum Gasteiger partial charge on any atom is 0.295 e. The second-order valence-corrected chi connectivity index (χ2v) is 17.6. The number of carbonyl (C=O) groups is 1. The fourth-order valence-corrected chi connectivity index (χ4v) is 11.6. The Morgan fingerprint density at radius 1 is 0.583 bits per heavy atom. The zero-order valence-electron chi connectivity index (χ0n) is 31.6. The Balaban J connectivity index is 1.08. The van der Waals surface area contributed by atoms with Crippen LogP contribution in [0.4, 0.5) is 11.4 Å². The number of hydrogen-bond donors (Lipinski definition) is 4. The second kappa shape index (κ2) is 11.2. The summed E-state index contributed by atoms with van der Waals surface area (Å²) in [7, 11) is -4.64. The van der Waals surface area contributed by atoms with Crippen molar-refractivity contribution in [2.75, 3.05) is 10.6 Å². The van der Waals surface area contributed by atoms with Crippen molar-refractivity contribution < 1.29 is 22.9 Å². The molecule has 60 heavy (non-hydrogen) atoms. The van der Waals surface area contributed by atoms with Crippen molar-refractivity contribution in [1.82, 2.24) is 0 Å². The van der Waals surface area contributed by atoms with E-state index in [0.29, 0.717) is 33.6 Å². The number of nitrogens with one attached hydrogen (secondary N) is 2. The van der Waals surface area contributed by atoms with Gasteiger partial charge in [0, 0.05) is 50.2 Å². The van der Waals surface area contributed by atoms with Crippen LogP contribution in [-0.4, -0.2) is 23.9 Å². The number of benzene rings is 8. The third-order valence-electron chi connectivity index (χ3n) is 13.4. The van der Waals surface area contributed by atoms with Crippen molar-refractivity contribution in [3.63, 3.8) is 0 Å². The second-order valence-electron chi connectivity index (χ2n) is 16.2. The van der Waals surface area contributed by atoms with E-state index in [1.807, 2.05) is 60.7 Å². The highest BCUT2D eigenvalue weighted by molar-refractivity contribution is 7.86. The molecule has 13 rings (SSSR count). The van der Waals surface area contributed by atoms with Crippen LogP contribution in [0.25, 0.3) is 54.9 Å². The van der Waals surface area contributed by atoms with Gasteiger partial charge in [-0.1, -0.05) is 140 Å². The first-order valence-corrected chi connectivity index (χ1v) is 21.3. The van der Waals surface area contributed by atoms with Gasteiger partial charge in [-0.25, -0.2) is 4.99 Å². The molecule has 286 valence electrons. The van der Waals surface area contributed by atoms with Gasteiger partial charge in [0.25, 0.3) is 10.1 Å². The molecular weight excluding hydrogens is 767 g/mol. The van der Waals surface area contributed by atoms with Crippen LogP contribution in [-0.2, 0) is 32.5 Å². The zero-order chi connectivity index (χ0) is 40.3. The standard InChI is InChI=1S/C51H31N3O5S/c55-48-44(34-21-20-27-10-9-11-28-26-50(53-46(34)42(27)28)36-16-5-1-12-29(36)30-13-2-6-17-37(30)50)49(56)45(48)35-23-22-33-41(60(57,58)59)25-24-40-43(33)47(35)54-51(52-40)38-18-7-3-14-31(38)32-15-4-8-19-39(32)51/h1-25,52-53,55H,26H2,(H,57,58,59). The molecule has 3 aliphatic carbocycles. The smallest absolute Gasteiger partial charge is 0.295 e. The number of aliphatic hydroxyl groups is 1. The summed E-state index contributed by atoms with van der Waals surface area (Å²) in [5, 5.41) is 23.4. The van der Waals surface area contributed by atoms with Gasteiger partial charge in [-0.15, -0.1) is 0 Å². The van der Waals surface area contributed by atoms with Gasteiger partial charge in [0.15, 0.2) is 5.66 Å². The Kier molecular flexibility index (Phi) is 6.30. The van der Waals surface area contributed by atoms with Gasteiger partial charge in [-0.2, -0.15) is 8.42 Å². The summed E-state index contributed by atoms with van der Waals surface area (Å²) in [6.07, 6.45) is 0.697. The molecule has 0 saturated heterocycles. The molecule has 2 heterocycles. The maximum absolute atomic E-state index is 15.0. The number of allylic oxidation sites excluding steroid dienone is 2. The number of carbonyl (C=O) groups excluding carboxylic acids is 1. The minimum absolute atomic E-state index is 0.0909. The summed E-state index contributed by atoms with van der Waals surface area (Å²) < 4.78 is 35.8. The molecule has 8 aromatic rings. The highest BCUT2D eigenvalue weighted by Crippen LogP contribution is 2.56. The van der Waals surface area contributed by atoms with Crippen LogP contribution in [0.15, 0.2) is 167 Å². The number of hydrogen-bond acceptors (Lipinski definition) is 7. The lowest BCUT2D eigenvalue weighted by Gasteiger charge is -2.40. The molecule has 8 aromatic carbocycles. The Hall–Kier alpha value is -7.33. The largest absolute Gasteiger partial charge is 0.506 e. The number of nitrogens with zero attached hydrogens (tertiary/aromatic N) is 1. The first-order valence-electron chi connectivity index (χ1n) is 19.8. The predicted octanol–water partition coefficient (Wildman–Crippen LogP) is 8.76. The van der Waals surface area contributed by atoms with Crippen LogP contribution in [0.5, 0.6) is 0 Å². The van der Waals surface area contributed by atoms with Gasteiger partial charge in [0.2, 0.25) is 5.78 Å². The number of fused-ring (bicyclic) bond motifs is 10. The molecule has 0 aromatic heterocycles. The molecule has 2 spiro atoms. The van der Waals surface area contributed by atoms with E-state index < -0.39 is 21.3 Å². The van der Waals surface area contributed by atoms with E-state index in [1.54, 1.807) is 18.2 Å². The van der Waals surface area contributed by atoms with E-state index in [4.69, 9.17) is 4.99 Å². The predicted molar refractivity (Wildman–Crippen MR) is 233 cm³/mol. The topological polar surface area (TPSA) is 128 Å². The Morgan fingerprint density at radius 3 is 1.83 bits per heavy atom. The normalized spacial score (nSPS) is 17.7. The maximum atomic E-state index is 15.0. The van der Waals surface area contributed by atoms with Crippen molar-refractivity contribution in [2.45, 2.75) is 22.5 Å². The average molecular weight is 798 g/mol.